The molecular formula is C17H19NO5S. The molecule has 0 aliphatic carbocycles. The number of aliphatic hydroxyl groups excluding tert-OH is 3. The number of aliphatic hydroxyl groups is 3. The molecule has 1 aliphatic heterocycles. The first-order valence-corrected chi connectivity index (χ1v) is 8.55. The van der Waals surface area contributed by atoms with E-state index in [4.69, 9.17) is 9.47 Å². The molecule has 1 aromatic carbocycles. The number of benzene rings is 1. The zero-order valence-corrected chi connectivity index (χ0v) is 13.9. The maximum atomic E-state index is 10.0. The van der Waals surface area contributed by atoms with Crippen LogP contribution in [0.4, 0.5) is 0 Å². The smallest absolute Gasteiger partial charge is 0.173 e. The van der Waals surface area contributed by atoms with Gasteiger partial charge < -0.3 is 24.8 Å². The largest absolute Gasteiger partial charge is 0.497 e. The van der Waals surface area contributed by atoms with Gasteiger partial charge in [0.05, 0.1) is 19.4 Å². The second-order valence-corrected chi connectivity index (χ2v) is 6.64. The molecule has 7 heteroatoms. The SMILES string of the molecule is COc1cccc(-c2cncc(O[C@H]3SC[C@@H](O)[C@H](O)[C@H]3O)c2)c1. The molecule has 1 saturated heterocycles. The van der Waals surface area contributed by atoms with Crippen LogP contribution in [0.3, 0.4) is 0 Å². The maximum absolute atomic E-state index is 10.0. The summed E-state index contributed by atoms with van der Waals surface area (Å²) >= 11 is 1.26. The third kappa shape index (κ3) is 3.64. The molecule has 0 bridgehead atoms. The minimum atomic E-state index is -1.22. The Morgan fingerprint density at radius 3 is 2.62 bits per heavy atom. The van der Waals surface area contributed by atoms with Crippen molar-refractivity contribution in [3.63, 3.8) is 0 Å². The number of methoxy groups -OCH3 is 1. The summed E-state index contributed by atoms with van der Waals surface area (Å²) in [7, 11) is 1.61. The molecule has 24 heavy (non-hydrogen) atoms. The van der Waals surface area contributed by atoms with Crippen molar-refractivity contribution < 1.29 is 24.8 Å². The fraction of sp³-hybridized carbons (Fsp3) is 0.353. The number of hydrogen-bond donors (Lipinski definition) is 3. The summed E-state index contributed by atoms with van der Waals surface area (Å²) in [5.74, 6) is 1.52. The van der Waals surface area contributed by atoms with Crippen molar-refractivity contribution in [1.29, 1.82) is 0 Å². The molecule has 2 aromatic rings. The number of thioether (sulfide) groups is 1. The molecule has 0 spiro atoms. The zero-order valence-electron chi connectivity index (χ0n) is 13.1. The van der Waals surface area contributed by atoms with E-state index in [1.807, 2.05) is 30.3 Å². The first kappa shape index (κ1) is 17.0. The average Bonchev–Trinajstić information content (AvgIpc) is 2.62. The van der Waals surface area contributed by atoms with Crippen molar-refractivity contribution in [3.8, 4) is 22.6 Å². The molecule has 0 unspecified atom stereocenters. The first-order valence-electron chi connectivity index (χ1n) is 7.50. The molecule has 4 atom stereocenters. The Bertz CT molecular complexity index is 698. The van der Waals surface area contributed by atoms with Gasteiger partial charge >= 0.3 is 0 Å². The van der Waals surface area contributed by atoms with Crippen LogP contribution in [0.5, 0.6) is 11.5 Å². The van der Waals surface area contributed by atoms with Crippen molar-refractivity contribution in [2.24, 2.45) is 0 Å². The van der Waals surface area contributed by atoms with E-state index < -0.39 is 23.7 Å². The van der Waals surface area contributed by atoms with Gasteiger partial charge in [-0.15, -0.1) is 11.8 Å². The average molecular weight is 349 g/mol. The number of hydrogen-bond acceptors (Lipinski definition) is 7. The minimum absolute atomic E-state index is 0.298. The third-order valence-electron chi connectivity index (χ3n) is 3.82. The summed E-state index contributed by atoms with van der Waals surface area (Å²) in [6.45, 7) is 0. The number of ether oxygens (including phenoxy) is 2. The first-order chi connectivity index (χ1) is 11.6. The highest BCUT2D eigenvalue weighted by Crippen LogP contribution is 2.31. The Morgan fingerprint density at radius 2 is 1.83 bits per heavy atom. The highest BCUT2D eigenvalue weighted by molar-refractivity contribution is 7.99. The Hall–Kier alpha value is -1.80. The number of nitrogens with zero attached hydrogens (tertiary/aromatic N) is 1. The van der Waals surface area contributed by atoms with E-state index in [0.29, 0.717) is 11.5 Å². The van der Waals surface area contributed by atoms with Crippen LogP contribution in [0, 0.1) is 0 Å². The summed E-state index contributed by atoms with van der Waals surface area (Å²) in [5, 5.41) is 29.4. The van der Waals surface area contributed by atoms with Gasteiger partial charge in [0, 0.05) is 17.5 Å². The van der Waals surface area contributed by atoms with Crippen molar-refractivity contribution >= 4 is 11.8 Å². The summed E-state index contributed by atoms with van der Waals surface area (Å²) in [6, 6.07) is 9.39. The predicted octanol–water partition coefficient (Wildman–Crippen LogP) is 1.29. The van der Waals surface area contributed by atoms with Gasteiger partial charge in [0.25, 0.3) is 0 Å². The molecule has 2 heterocycles. The van der Waals surface area contributed by atoms with Gasteiger partial charge in [-0.05, 0) is 23.8 Å². The van der Waals surface area contributed by atoms with Crippen LogP contribution in [0.1, 0.15) is 0 Å². The van der Waals surface area contributed by atoms with Gasteiger partial charge in [-0.3, -0.25) is 4.98 Å². The third-order valence-corrected chi connectivity index (χ3v) is 5.06. The van der Waals surface area contributed by atoms with Crippen LogP contribution in [-0.2, 0) is 0 Å². The standard InChI is InChI=1S/C17H19NO5S/c1-22-12-4-2-3-10(5-12)11-6-13(8-18-7-11)23-17-16(21)15(20)14(19)9-24-17/h2-8,14-17,19-21H,9H2,1H3/t14-,15+,16-,17+/m1/s1. The number of aromatic nitrogens is 1. The zero-order chi connectivity index (χ0) is 17.1. The predicted molar refractivity (Wildman–Crippen MR) is 91.1 cm³/mol. The molecule has 1 fully saturated rings. The second-order valence-electron chi connectivity index (χ2n) is 5.51. The van der Waals surface area contributed by atoms with Crippen LogP contribution < -0.4 is 9.47 Å². The van der Waals surface area contributed by atoms with Gasteiger partial charge in [0.1, 0.15) is 23.7 Å². The molecule has 0 amide bonds. The summed E-state index contributed by atoms with van der Waals surface area (Å²) in [6.07, 6.45) is -0.0740. The molecule has 1 aromatic heterocycles. The quantitative estimate of drug-likeness (QED) is 0.766. The van der Waals surface area contributed by atoms with Gasteiger partial charge in [0.15, 0.2) is 5.44 Å². The fourth-order valence-electron chi connectivity index (χ4n) is 2.46. The maximum Gasteiger partial charge on any atom is 0.173 e. The van der Waals surface area contributed by atoms with Crippen LogP contribution >= 0.6 is 11.8 Å². The van der Waals surface area contributed by atoms with Crippen molar-refractivity contribution in [3.05, 3.63) is 42.7 Å². The van der Waals surface area contributed by atoms with Crippen LogP contribution in [0.15, 0.2) is 42.7 Å². The fourth-order valence-corrected chi connectivity index (χ4v) is 3.58. The van der Waals surface area contributed by atoms with Crippen molar-refractivity contribution in [2.75, 3.05) is 12.9 Å². The second kappa shape index (κ2) is 7.40. The number of rotatable bonds is 4. The topological polar surface area (TPSA) is 92.0 Å². The van der Waals surface area contributed by atoms with Crippen molar-refractivity contribution in [1.82, 2.24) is 4.98 Å². The van der Waals surface area contributed by atoms with E-state index in [2.05, 4.69) is 4.98 Å². The molecule has 0 radical (unpaired) electrons. The lowest BCUT2D eigenvalue weighted by Gasteiger charge is -2.34. The van der Waals surface area contributed by atoms with E-state index in [9.17, 15) is 15.3 Å². The van der Waals surface area contributed by atoms with Crippen LogP contribution in [0.25, 0.3) is 11.1 Å². The molecule has 1 aliphatic rings. The summed E-state index contributed by atoms with van der Waals surface area (Å²) < 4.78 is 11.0. The van der Waals surface area contributed by atoms with E-state index in [0.717, 1.165) is 16.9 Å². The Balaban J connectivity index is 1.78. The molecule has 128 valence electrons. The Kier molecular flexibility index (Phi) is 5.25. The highest BCUT2D eigenvalue weighted by atomic mass is 32.2. The number of pyridine rings is 1. The lowest BCUT2D eigenvalue weighted by molar-refractivity contribution is -0.0786. The lowest BCUT2D eigenvalue weighted by Crippen LogP contribution is -2.50. The monoisotopic (exact) mass is 349 g/mol. The van der Waals surface area contributed by atoms with Crippen LogP contribution in [-0.4, -0.2) is 56.9 Å². The summed E-state index contributed by atoms with van der Waals surface area (Å²) in [5.41, 5.74) is 1.12. The molecular weight excluding hydrogens is 330 g/mol. The molecule has 0 saturated carbocycles. The molecule has 3 rings (SSSR count). The molecule has 6 nitrogen and oxygen atoms in total. The van der Waals surface area contributed by atoms with E-state index in [-0.39, 0.29) is 0 Å². The van der Waals surface area contributed by atoms with Gasteiger partial charge in [0.2, 0.25) is 0 Å². The minimum Gasteiger partial charge on any atom is -0.497 e. The van der Waals surface area contributed by atoms with Gasteiger partial charge in [-0.2, -0.15) is 0 Å². The summed E-state index contributed by atoms with van der Waals surface area (Å²) in [4.78, 5) is 4.17. The van der Waals surface area contributed by atoms with Crippen LogP contribution in [0.2, 0.25) is 0 Å². The van der Waals surface area contributed by atoms with Crippen molar-refractivity contribution in [2.45, 2.75) is 23.7 Å². The van der Waals surface area contributed by atoms with Gasteiger partial charge in [-0.25, -0.2) is 0 Å². The van der Waals surface area contributed by atoms with E-state index in [1.165, 1.54) is 11.8 Å². The van der Waals surface area contributed by atoms with Gasteiger partial charge in [-0.1, -0.05) is 12.1 Å². The van der Waals surface area contributed by atoms with E-state index >= 15 is 0 Å². The Morgan fingerprint density at radius 1 is 1.04 bits per heavy atom. The van der Waals surface area contributed by atoms with E-state index in [1.54, 1.807) is 19.5 Å². The highest BCUT2D eigenvalue weighted by Gasteiger charge is 2.38. The lowest BCUT2D eigenvalue weighted by atomic mass is 10.1. The molecule has 3 N–H and O–H groups in total. The Labute approximate surface area is 144 Å². The normalized spacial score (nSPS) is 26.8.